The highest BCUT2D eigenvalue weighted by atomic mass is 28.3. The predicted molar refractivity (Wildman–Crippen MR) is 93.3 cm³/mol. The van der Waals surface area contributed by atoms with Gasteiger partial charge in [0, 0.05) is 11.0 Å². The summed E-state index contributed by atoms with van der Waals surface area (Å²) in [7, 11) is -1.33. The third kappa shape index (κ3) is 3.32. The fourth-order valence-electron chi connectivity index (χ4n) is 2.33. The fourth-order valence-corrected chi connectivity index (χ4v) is 3.95. The van der Waals surface area contributed by atoms with Gasteiger partial charge in [0.1, 0.15) is 0 Å². The Labute approximate surface area is 124 Å². The summed E-state index contributed by atoms with van der Waals surface area (Å²) in [6, 6.07) is 13.2. The molecule has 0 saturated carbocycles. The standard InChI is InChI=1S/C19H24Si/c1-19(2,3)14-13-15-9-7-11-17-16(15)10-8-12-18(17)20(4,5)6/h7-12H,1-6H3. The van der Waals surface area contributed by atoms with Crippen LogP contribution in [-0.4, -0.2) is 8.07 Å². The maximum Gasteiger partial charge on any atom is 0.0784 e. The number of hydrogen-bond donors (Lipinski definition) is 0. The summed E-state index contributed by atoms with van der Waals surface area (Å²) in [5, 5.41) is 4.20. The van der Waals surface area contributed by atoms with Gasteiger partial charge >= 0.3 is 0 Å². The molecule has 0 heterocycles. The summed E-state index contributed by atoms with van der Waals surface area (Å²) in [5.41, 5.74) is 1.19. The largest absolute Gasteiger partial charge is 0.0919 e. The van der Waals surface area contributed by atoms with Gasteiger partial charge in [0.2, 0.25) is 0 Å². The lowest BCUT2D eigenvalue weighted by molar-refractivity contribution is 0.571. The van der Waals surface area contributed by atoms with E-state index < -0.39 is 8.07 Å². The van der Waals surface area contributed by atoms with Crippen molar-refractivity contribution in [2.24, 2.45) is 5.41 Å². The lowest BCUT2D eigenvalue weighted by atomic mass is 9.96. The van der Waals surface area contributed by atoms with Gasteiger partial charge in [-0.15, -0.1) is 0 Å². The predicted octanol–water partition coefficient (Wildman–Crippen LogP) is 4.78. The monoisotopic (exact) mass is 280 g/mol. The quantitative estimate of drug-likeness (QED) is 0.521. The van der Waals surface area contributed by atoms with Crippen molar-refractivity contribution >= 4 is 24.0 Å². The smallest absolute Gasteiger partial charge is 0.0784 e. The van der Waals surface area contributed by atoms with Crippen LogP contribution >= 0.6 is 0 Å². The van der Waals surface area contributed by atoms with Crippen molar-refractivity contribution in [3.8, 4) is 11.8 Å². The number of hydrogen-bond acceptors (Lipinski definition) is 0. The zero-order chi connectivity index (χ0) is 15.0. The number of fused-ring (bicyclic) bond motifs is 1. The van der Waals surface area contributed by atoms with Gasteiger partial charge < -0.3 is 0 Å². The van der Waals surface area contributed by atoms with E-state index in [-0.39, 0.29) is 5.41 Å². The van der Waals surface area contributed by atoms with Crippen LogP contribution in [0.1, 0.15) is 26.3 Å². The molecule has 0 nitrogen and oxygen atoms in total. The van der Waals surface area contributed by atoms with E-state index in [4.69, 9.17) is 0 Å². The number of benzene rings is 2. The molecule has 0 aliphatic carbocycles. The van der Waals surface area contributed by atoms with Crippen LogP contribution in [0, 0.1) is 17.3 Å². The second kappa shape index (κ2) is 5.11. The van der Waals surface area contributed by atoms with Crippen LogP contribution in [0.2, 0.25) is 19.6 Å². The Morgan fingerprint density at radius 3 is 2.05 bits per heavy atom. The van der Waals surface area contributed by atoms with Crippen LogP contribution < -0.4 is 5.19 Å². The van der Waals surface area contributed by atoms with Crippen LogP contribution in [-0.2, 0) is 0 Å². The summed E-state index contributed by atoms with van der Waals surface area (Å²) >= 11 is 0. The van der Waals surface area contributed by atoms with Crippen molar-refractivity contribution in [2.45, 2.75) is 40.4 Å². The van der Waals surface area contributed by atoms with Gasteiger partial charge in [0.05, 0.1) is 8.07 Å². The third-order valence-corrected chi connectivity index (χ3v) is 5.35. The molecular formula is C19H24Si. The molecule has 0 radical (unpaired) electrons. The van der Waals surface area contributed by atoms with E-state index in [2.05, 4.69) is 88.7 Å². The van der Waals surface area contributed by atoms with E-state index in [1.165, 1.54) is 16.0 Å². The van der Waals surface area contributed by atoms with Gasteiger partial charge in [-0.05, 0) is 37.6 Å². The summed E-state index contributed by atoms with van der Waals surface area (Å²) in [5.74, 6) is 6.72. The highest BCUT2D eigenvalue weighted by Crippen LogP contribution is 2.20. The molecule has 0 bridgehead atoms. The van der Waals surface area contributed by atoms with E-state index in [1.807, 2.05) is 0 Å². The second-order valence-corrected chi connectivity index (χ2v) is 12.5. The molecule has 0 aliphatic rings. The topological polar surface area (TPSA) is 0 Å². The first-order valence-corrected chi connectivity index (χ1v) is 10.7. The molecular weight excluding hydrogens is 256 g/mol. The van der Waals surface area contributed by atoms with Crippen molar-refractivity contribution in [2.75, 3.05) is 0 Å². The van der Waals surface area contributed by atoms with Crippen molar-refractivity contribution < 1.29 is 0 Å². The van der Waals surface area contributed by atoms with Crippen LogP contribution in [0.4, 0.5) is 0 Å². The van der Waals surface area contributed by atoms with Gasteiger partial charge in [0.25, 0.3) is 0 Å². The Kier molecular flexibility index (Phi) is 3.80. The second-order valence-electron chi connectivity index (χ2n) is 7.46. The lowest BCUT2D eigenvalue weighted by Gasteiger charge is -2.19. The summed E-state index contributed by atoms with van der Waals surface area (Å²) in [4.78, 5) is 0. The number of rotatable bonds is 1. The molecule has 0 saturated heterocycles. The van der Waals surface area contributed by atoms with Crippen molar-refractivity contribution in [3.05, 3.63) is 42.0 Å². The highest BCUT2D eigenvalue weighted by Gasteiger charge is 2.19. The molecule has 0 unspecified atom stereocenters. The molecule has 104 valence electrons. The van der Waals surface area contributed by atoms with Crippen LogP contribution in [0.5, 0.6) is 0 Å². The van der Waals surface area contributed by atoms with Gasteiger partial charge in [0.15, 0.2) is 0 Å². The van der Waals surface area contributed by atoms with Gasteiger partial charge in [-0.1, -0.05) is 67.0 Å². The molecule has 0 atom stereocenters. The zero-order valence-electron chi connectivity index (χ0n) is 13.5. The van der Waals surface area contributed by atoms with E-state index in [0.717, 1.165) is 5.56 Å². The molecule has 0 aromatic heterocycles. The summed E-state index contributed by atoms with van der Waals surface area (Å²) < 4.78 is 0. The van der Waals surface area contributed by atoms with E-state index in [0.29, 0.717) is 0 Å². The van der Waals surface area contributed by atoms with Crippen molar-refractivity contribution in [1.82, 2.24) is 0 Å². The van der Waals surface area contributed by atoms with E-state index in [9.17, 15) is 0 Å². The molecule has 2 aromatic carbocycles. The Hall–Kier alpha value is -1.52. The van der Waals surface area contributed by atoms with E-state index >= 15 is 0 Å². The molecule has 2 rings (SSSR count). The first-order chi connectivity index (χ1) is 9.18. The molecule has 0 amide bonds. The maximum atomic E-state index is 3.37. The Bertz CT molecular complexity index is 685. The molecule has 1 heteroatoms. The minimum absolute atomic E-state index is 0.0402. The average Bonchev–Trinajstić information content (AvgIpc) is 2.33. The van der Waals surface area contributed by atoms with E-state index in [1.54, 1.807) is 0 Å². The Morgan fingerprint density at radius 1 is 0.850 bits per heavy atom. The molecule has 20 heavy (non-hydrogen) atoms. The molecule has 0 fully saturated rings. The first-order valence-electron chi connectivity index (χ1n) is 7.24. The van der Waals surface area contributed by atoms with Gasteiger partial charge in [-0.25, -0.2) is 0 Å². The minimum Gasteiger partial charge on any atom is -0.0919 e. The highest BCUT2D eigenvalue weighted by molar-refractivity contribution is 6.90. The van der Waals surface area contributed by atoms with Gasteiger partial charge in [-0.3, -0.25) is 0 Å². The Balaban J connectivity index is 2.68. The van der Waals surface area contributed by atoms with Crippen molar-refractivity contribution in [1.29, 1.82) is 0 Å². The molecule has 0 N–H and O–H groups in total. The van der Waals surface area contributed by atoms with Crippen LogP contribution in [0.3, 0.4) is 0 Å². The minimum atomic E-state index is -1.33. The Morgan fingerprint density at radius 2 is 1.45 bits per heavy atom. The maximum absolute atomic E-state index is 3.37. The zero-order valence-corrected chi connectivity index (χ0v) is 14.5. The average molecular weight is 280 g/mol. The van der Waals surface area contributed by atoms with Crippen LogP contribution in [0.15, 0.2) is 36.4 Å². The normalized spacial score (nSPS) is 12.1. The van der Waals surface area contributed by atoms with Crippen LogP contribution in [0.25, 0.3) is 10.8 Å². The van der Waals surface area contributed by atoms with Gasteiger partial charge in [-0.2, -0.15) is 0 Å². The third-order valence-electron chi connectivity index (χ3n) is 3.30. The summed E-state index contributed by atoms with van der Waals surface area (Å²) in [6.45, 7) is 13.6. The summed E-state index contributed by atoms with van der Waals surface area (Å²) in [6.07, 6.45) is 0. The molecule has 0 spiro atoms. The van der Waals surface area contributed by atoms with Crippen molar-refractivity contribution in [3.63, 3.8) is 0 Å². The SMILES string of the molecule is CC(C)(C)C#Cc1cccc2c([Si](C)(C)C)cccc12. The molecule has 0 aliphatic heterocycles. The first kappa shape index (κ1) is 14.9. The fraction of sp³-hybridized carbons (Fsp3) is 0.368. The molecule has 2 aromatic rings. The lowest BCUT2D eigenvalue weighted by Crippen LogP contribution is -2.38.